The molecule has 126 valence electrons. The van der Waals surface area contributed by atoms with E-state index < -0.39 is 0 Å². The fraction of sp³-hybridized carbons (Fsp3) is 0.571. The van der Waals surface area contributed by atoms with Crippen LogP contribution in [0.25, 0.3) is 0 Å². The molecule has 22 heavy (non-hydrogen) atoms. The molecule has 0 aliphatic carbocycles. The van der Waals surface area contributed by atoms with Gasteiger partial charge in [0, 0.05) is 25.7 Å². The Morgan fingerprint density at radius 1 is 1.27 bits per heavy atom. The van der Waals surface area contributed by atoms with E-state index in [9.17, 15) is 4.79 Å². The van der Waals surface area contributed by atoms with Gasteiger partial charge in [-0.1, -0.05) is 6.07 Å². The minimum absolute atomic E-state index is 0. The van der Waals surface area contributed by atoms with Crippen LogP contribution in [-0.4, -0.2) is 48.6 Å². The van der Waals surface area contributed by atoms with E-state index in [1.807, 2.05) is 18.2 Å². The Morgan fingerprint density at radius 3 is 2.73 bits per heavy atom. The Kier molecular flexibility index (Phi) is 12.1. The number of carbonyl (C=O) groups excluding carboxylic acids is 1. The van der Waals surface area contributed by atoms with Gasteiger partial charge in [-0.15, -0.1) is 24.8 Å². The zero-order valence-corrected chi connectivity index (χ0v) is 14.1. The lowest BCUT2D eigenvalue weighted by Gasteiger charge is -2.26. The van der Waals surface area contributed by atoms with Gasteiger partial charge in [0.25, 0.3) is 0 Å². The molecule has 2 N–H and O–H groups in total. The quantitative estimate of drug-likeness (QED) is 0.722. The van der Waals surface area contributed by atoms with Crippen molar-refractivity contribution < 1.29 is 9.53 Å². The van der Waals surface area contributed by atoms with E-state index in [-0.39, 0.29) is 30.7 Å². The maximum Gasteiger partial charge on any atom is 0.234 e. The SMILES string of the molecule is Cl.Cl.O=C(CCCN1CCOCC1)NNCc1ccccn1. The molecule has 0 atom stereocenters. The van der Waals surface area contributed by atoms with E-state index in [2.05, 4.69) is 20.7 Å². The molecular formula is C14H24Cl2N4O2. The first-order valence-corrected chi connectivity index (χ1v) is 7.06. The molecule has 1 aromatic rings. The number of nitrogens with one attached hydrogen (secondary N) is 2. The van der Waals surface area contributed by atoms with Crippen molar-refractivity contribution in [2.75, 3.05) is 32.8 Å². The third-order valence-electron chi connectivity index (χ3n) is 3.21. The molecule has 0 saturated carbocycles. The second-order valence-corrected chi connectivity index (χ2v) is 4.78. The Balaban J connectivity index is 0.00000220. The molecule has 1 aliphatic heterocycles. The summed E-state index contributed by atoms with van der Waals surface area (Å²) < 4.78 is 5.29. The van der Waals surface area contributed by atoms with Gasteiger partial charge in [0.15, 0.2) is 0 Å². The highest BCUT2D eigenvalue weighted by Crippen LogP contribution is 2.00. The van der Waals surface area contributed by atoms with Crippen LogP contribution < -0.4 is 10.9 Å². The van der Waals surface area contributed by atoms with Crippen LogP contribution in [-0.2, 0) is 16.1 Å². The van der Waals surface area contributed by atoms with Crippen LogP contribution in [0.4, 0.5) is 0 Å². The molecule has 0 bridgehead atoms. The predicted molar refractivity (Wildman–Crippen MR) is 90.2 cm³/mol. The lowest BCUT2D eigenvalue weighted by atomic mass is 10.2. The molecule has 2 heterocycles. The van der Waals surface area contributed by atoms with E-state index >= 15 is 0 Å². The molecule has 6 nitrogen and oxygen atoms in total. The summed E-state index contributed by atoms with van der Waals surface area (Å²) >= 11 is 0. The predicted octanol–water partition coefficient (Wildman–Crippen LogP) is 1.16. The highest BCUT2D eigenvalue weighted by Gasteiger charge is 2.10. The molecule has 1 saturated heterocycles. The zero-order valence-electron chi connectivity index (χ0n) is 12.5. The van der Waals surface area contributed by atoms with Gasteiger partial charge in [-0.05, 0) is 25.1 Å². The average Bonchev–Trinajstić information content (AvgIpc) is 2.49. The van der Waals surface area contributed by atoms with Crippen LogP contribution in [0.5, 0.6) is 0 Å². The Hall–Kier alpha value is -0.920. The van der Waals surface area contributed by atoms with Crippen LogP contribution in [0.3, 0.4) is 0 Å². The van der Waals surface area contributed by atoms with Gasteiger partial charge in [-0.3, -0.25) is 20.1 Å². The minimum Gasteiger partial charge on any atom is -0.379 e. The highest BCUT2D eigenvalue weighted by atomic mass is 35.5. The lowest BCUT2D eigenvalue weighted by molar-refractivity contribution is -0.122. The highest BCUT2D eigenvalue weighted by molar-refractivity contribution is 5.85. The lowest BCUT2D eigenvalue weighted by Crippen LogP contribution is -2.39. The summed E-state index contributed by atoms with van der Waals surface area (Å²) in [6, 6.07) is 5.71. The second kappa shape index (κ2) is 12.6. The monoisotopic (exact) mass is 350 g/mol. The van der Waals surface area contributed by atoms with Crippen molar-refractivity contribution in [3.63, 3.8) is 0 Å². The zero-order chi connectivity index (χ0) is 14.0. The molecule has 0 aromatic carbocycles. The summed E-state index contributed by atoms with van der Waals surface area (Å²) in [6.45, 7) is 5.04. The summed E-state index contributed by atoms with van der Waals surface area (Å²) in [7, 11) is 0. The third kappa shape index (κ3) is 8.51. The number of morpholine rings is 1. The Morgan fingerprint density at radius 2 is 2.05 bits per heavy atom. The number of nitrogens with zero attached hydrogens (tertiary/aromatic N) is 2. The molecule has 0 radical (unpaired) electrons. The van der Waals surface area contributed by atoms with E-state index in [0.29, 0.717) is 13.0 Å². The summed E-state index contributed by atoms with van der Waals surface area (Å²) in [5.74, 6) is 0.0224. The van der Waals surface area contributed by atoms with Crippen LogP contribution in [0.2, 0.25) is 0 Å². The number of aromatic nitrogens is 1. The summed E-state index contributed by atoms with van der Waals surface area (Å²) in [6.07, 6.45) is 3.14. The Bertz CT molecular complexity index is 403. The molecule has 1 fully saturated rings. The Labute approximate surface area is 143 Å². The van der Waals surface area contributed by atoms with Gasteiger partial charge in [0.1, 0.15) is 0 Å². The number of rotatable bonds is 7. The van der Waals surface area contributed by atoms with Crippen molar-refractivity contribution in [3.05, 3.63) is 30.1 Å². The van der Waals surface area contributed by atoms with Crippen LogP contribution in [0.15, 0.2) is 24.4 Å². The first-order chi connectivity index (χ1) is 9.84. The first-order valence-electron chi connectivity index (χ1n) is 7.06. The van der Waals surface area contributed by atoms with Crippen LogP contribution in [0.1, 0.15) is 18.5 Å². The molecule has 0 unspecified atom stereocenters. The number of amides is 1. The minimum atomic E-state index is 0. The third-order valence-corrected chi connectivity index (χ3v) is 3.21. The standard InChI is InChI=1S/C14H22N4O2.2ClH/c19-14(5-3-7-18-8-10-20-11-9-18)17-16-12-13-4-1-2-6-15-13;;/h1-2,4,6,16H,3,5,7-12H2,(H,17,19);2*1H. The van der Waals surface area contributed by atoms with E-state index in [4.69, 9.17) is 4.74 Å². The van der Waals surface area contributed by atoms with Gasteiger partial charge >= 0.3 is 0 Å². The van der Waals surface area contributed by atoms with Crippen molar-refractivity contribution in [3.8, 4) is 0 Å². The van der Waals surface area contributed by atoms with Crippen LogP contribution in [0, 0.1) is 0 Å². The molecule has 1 aromatic heterocycles. The van der Waals surface area contributed by atoms with Gasteiger partial charge in [-0.25, -0.2) is 5.43 Å². The van der Waals surface area contributed by atoms with Gasteiger partial charge in [0.2, 0.25) is 5.91 Å². The second-order valence-electron chi connectivity index (χ2n) is 4.78. The van der Waals surface area contributed by atoms with Crippen molar-refractivity contribution in [1.29, 1.82) is 0 Å². The van der Waals surface area contributed by atoms with Crippen molar-refractivity contribution in [2.24, 2.45) is 0 Å². The first kappa shape index (κ1) is 21.1. The van der Waals surface area contributed by atoms with Crippen molar-refractivity contribution in [2.45, 2.75) is 19.4 Å². The molecule has 0 spiro atoms. The van der Waals surface area contributed by atoms with E-state index in [1.54, 1.807) is 6.20 Å². The number of hydrazine groups is 1. The number of ether oxygens (including phenoxy) is 1. The molecule has 1 aliphatic rings. The molecular weight excluding hydrogens is 327 g/mol. The number of hydrogen-bond acceptors (Lipinski definition) is 5. The maximum atomic E-state index is 11.6. The van der Waals surface area contributed by atoms with E-state index in [1.165, 1.54) is 0 Å². The molecule has 2 rings (SSSR count). The number of halogens is 2. The molecule has 1 amide bonds. The largest absolute Gasteiger partial charge is 0.379 e. The van der Waals surface area contributed by atoms with Gasteiger partial charge in [-0.2, -0.15) is 0 Å². The fourth-order valence-corrected chi connectivity index (χ4v) is 2.09. The summed E-state index contributed by atoms with van der Waals surface area (Å²) in [5.41, 5.74) is 6.49. The topological polar surface area (TPSA) is 66.5 Å². The van der Waals surface area contributed by atoms with Crippen molar-refractivity contribution in [1.82, 2.24) is 20.7 Å². The molecule has 8 heteroatoms. The van der Waals surface area contributed by atoms with Gasteiger partial charge in [0.05, 0.1) is 25.5 Å². The smallest absolute Gasteiger partial charge is 0.234 e. The normalized spacial score (nSPS) is 14.5. The summed E-state index contributed by atoms with van der Waals surface area (Å²) in [5, 5.41) is 0. The van der Waals surface area contributed by atoms with Crippen LogP contribution >= 0.6 is 24.8 Å². The maximum absolute atomic E-state index is 11.6. The number of pyridine rings is 1. The van der Waals surface area contributed by atoms with Gasteiger partial charge < -0.3 is 4.74 Å². The number of carbonyl (C=O) groups is 1. The van der Waals surface area contributed by atoms with Crippen molar-refractivity contribution >= 4 is 30.7 Å². The van der Waals surface area contributed by atoms with E-state index in [0.717, 1.165) is 45.0 Å². The average molecular weight is 351 g/mol. The fourth-order valence-electron chi connectivity index (χ4n) is 2.09. The number of hydrogen-bond donors (Lipinski definition) is 2. The summed E-state index contributed by atoms with van der Waals surface area (Å²) in [4.78, 5) is 18.1.